The Morgan fingerprint density at radius 3 is 2.90 bits per heavy atom. The smallest absolute Gasteiger partial charge is 0.199 e. The van der Waals surface area contributed by atoms with Crippen molar-refractivity contribution in [3.05, 3.63) is 60.1 Å². The molecule has 2 aromatic heterocycles. The maximum absolute atomic E-state index is 6.05. The predicted molar refractivity (Wildman–Crippen MR) is 118 cm³/mol. The molecule has 160 valence electrons. The highest BCUT2D eigenvalue weighted by molar-refractivity contribution is 5.72. The molecule has 1 atom stereocenters. The Bertz CT molecular complexity index is 1150. The molecule has 0 aliphatic carbocycles. The molecule has 2 aromatic carbocycles. The normalized spacial score (nSPS) is 17.2. The highest BCUT2D eigenvalue weighted by atomic mass is 16.5. The number of oxazole rings is 1. The number of aromatic amines is 1. The Hall–Kier alpha value is -3.32. The second-order valence-electron chi connectivity index (χ2n) is 7.93. The maximum atomic E-state index is 6.05. The van der Waals surface area contributed by atoms with Crippen LogP contribution in [0.1, 0.15) is 30.2 Å². The molecule has 7 nitrogen and oxygen atoms in total. The molecular formula is C24H26N4O3. The van der Waals surface area contributed by atoms with Gasteiger partial charge >= 0.3 is 0 Å². The highest BCUT2D eigenvalue weighted by Crippen LogP contribution is 2.35. The number of para-hydroxylation sites is 2. The second-order valence-corrected chi connectivity index (χ2v) is 7.93. The quantitative estimate of drug-likeness (QED) is 0.493. The number of aromatic nitrogens is 3. The summed E-state index contributed by atoms with van der Waals surface area (Å²) in [7, 11) is 3.32. The monoisotopic (exact) mass is 418 g/mol. The van der Waals surface area contributed by atoms with Gasteiger partial charge in [-0.25, -0.2) is 4.98 Å². The van der Waals surface area contributed by atoms with Crippen LogP contribution in [0.25, 0.3) is 22.4 Å². The lowest BCUT2D eigenvalue weighted by atomic mass is 9.97. The molecule has 0 spiro atoms. The molecule has 0 bridgehead atoms. The van der Waals surface area contributed by atoms with E-state index in [4.69, 9.17) is 18.9 Å². The van der Waals surface area contributed by atoms with Crippen LogP contribution in [-0.2, 0) is 6.54 Å². The van der Waals surface area contributed by atoms with Crippen molar-refractivity contribution in [2.45, 2.75) is 25.3 Å². The van der Waals surface area contributed by atoms with Gasteiger partial charge in [0.25, 0.3) is 0 Å². The zero-order valence-corrected chi connectivity index (χ0v) is 17.8. The predicted octanol–water partition coefficient (Wildman–Crippen LogP) is 4.61. The lowest BCUT2D eigenvalue weighted by Gasteiger charge is -2.31. The fourth-order valence-electron chi connectivity index (χ4n) is 4.38. The molecule has 3 heterocycles. The minimum atomic E-state index is 0.298. The number of H-pyrrole nitrogens is 1. The van der Waals surface area contributed by atoms with E-state index < -0.39 is 0 Å². The van der Waals surface area contributed by atoms with Crippen LogP contribution in [0.2, 0.25) is 0 Å². The maximum Gasteiger partial charge on any atom is 0.199 e. The molecule has 1 aliphatic rings. The summed E-state index contributed by atoms with van der Waals surface area (Å²) in [5.41, 5.74) is 4.88. The standard InChI is InChI=1S/C24H26N4O3/c1-29-18-9-10-19(22(12-18)30-2)23-17(13-25-27-23)15-28-11-5-6-16(14-28)24-26-20-7-3-4-8-21(20)31-24/h3-4,7-10,12-13,16H,5-6,11,14-15H2,1-2H3,(H,25,27). The van der Waals surface area contributed by atoms with Crippen molar-refractivity contribution in [3.8, 4) is 22.8 Å². The van der Waals surface area contributed by atoms with Crippen molar-refractivity contribution >= 4 is 11.1 Å². The summed E-state index contributed by atoms with van der Waals surface area (Å²) in [4.78, 5) is 7.18. The van der Waals surface area contributed by atoms with Crippen LogP contribution in [0, 0.1) is 0 Å². The van der Waals surface area contributed by atoms with Gasteiger partial charge in [0.15, 0.2) is 11.5 Å². The van der Waals surface area contributed by atoms with E-state index in [2.05, 4.69) is 15.1 Å². The number of hydrogen-bond acceptors (Lipinski definition) is 6. The third-order valence-corrected chi connectivity index (χ3v) is 5.96. The molecule has 1 N–H and O–H groups in total. The minimum Gasteiger partial charge on any atom is -0.497 e. The van der Waals surface area contributed by atoms with E-state index in [1.807, 2.05) is 48.7 Å². The van der Waals surface area contributed by atoms with Gasteiger partial charge in [0.2, 0.25) is 0 Å². The lowest BCUT2D eigenvalue weighted by Crippen LogP contribution is -2.34. The molecule has 1 fully saturated rings. The van der Waals surface area contributed by atoms with E-state index in [0.717, 1.165) is 77.8 Å². The van der Waals surface area contributed by atoms with Crippen LogP contribution < -0.4 is 9.47 Å². The number of rotatable bonds is 6. The van der Waals surface area contributed by atoms with E-state index in [1.165, 1.54) is 0 Å². The number of benzene rings is 2. The number of fused-ring (bicyclic) bond motifs is 1. The van der Waals surface area contributed by atoms with Crippen molar-refractivity contribution in [2.24, 2.45) is 0 Å². The number of methoxy groups -OCH3 is 2. The summed E-state index contributed by atoms with van der Waals surface area (Å²) in [5.74, 6) is 2.66. The number of nitrogens with one attached hydrogen (secondary N) is 1. The van der Waals surface area contributed by atoms with Crippen molar-refractivity contribution in [1.82, 2.24) is 20.1 Å². The zero-order chi connectivity index (χ0) is 21.2. The van der Waals surface area contributed by atoms with E-state index in [0.29, 0.717) is 5.92 Å². The van der Waals surface area contributed by atoms with E-state index in [9.17, 15) is 0 Å². The van der Waals surface area contributed by atoms with Crippen LogP contribution >= 0.6 is 0 Å². The topological polar surface area (TPSA) is 76.4 Å². The van der Waals surface area contributed by atoms with Gasteiger partial charge in [-0.3, -0.25) is 10.00 Å². The first-order valence-electron chi connectivity index (χ1n) is 10.6. The van der Waals surface area contributed by atoms with Gasteiger partial charge in [-0.15, -0.1) is 0 Å². The summed E-state index contributed by atoms with van der Waals surface area (Å²) in [6, 6.07) is 13.8. The van der Waals surface area contributed by atoms with Crippen LogP contribution in [0.4, 0.5) is 0 Å². The van der Waals surface area contributed by atoms with E-state index >= 15 is 0 Å². The number of piperidine rings is 1. The summed E-state index contributed by atoms with van der Waals surface area (Å²) < 4.78 is 17.0. The summed E-state index contributed by atoms with van der Waals surface area (Å²) >= 11 is 0. The van der Waals surface area contributed by atoms with E-state index in [1.54, 1.807) is 14.2 Å². The Balaban J connectivity index is 1.36. The molecule has 0 radical (unpaired) electrons. The highest BCUT2D eigenvalue weighted by Gasteiger charge is 2.26. The first-order chi connectivity index (χ1) is 15.2. The molecule has 4 aromatic rings. The molecule has 7 heteroatoms. The molecule has 31 heavy (non-hydrogen) atoms. The average molecular weight is 418 g/mol. The van der Waals surface area contributed by atoms with Gasteiger partial charge in [-0.1, -0.05) is 12.1 Å². The first kappa shape index (κ1) is 19.6. The van der Waals surface area contributed by atoms with Gasteiger partial charge < -0.3 is 13.9 Å². The van der Waals surface area contributed by atoms with Gasteiger partial charge in [0, 0.05) is 36.2 Å². The molecule has 1 saturated heterocycles. The summed E-state index contributed by atoms with van der Waals surface area (Å²) in [6.45, 7) is 2.76. The minimum absolute atomic E-state index is 0.298. The molecule has 0 saturated carbocycles. The summed E-state index contributed by atoms with van der Waals surface area (Å²) in [6.07, 6.45) is 4.11. The van der Waals surface area contributed by atoms with Crippen LogP contribution in [0.15, 0.2) is 53.1 Å². The largest absolute Gasteiger partial charge is 0.497 e. The van der Waals surface area contributed by atoms with Crippen LogP contribution in [-0.4, -0.2) is 47.4 Å². The Kier molecular flexibility index (Phi) is 5.34. The van der Waals surface area contributed by atoms with Crippen LogP contribution in [0.3, 0.4) is 0 Å². The van der Waals surface area contributed by atoms with Crippen LogP contribution in [0.5, 0.6) is 11.5 Å². The number of likely N-dealkylation sites (tertiary alicyclic amines) is 1. The SMILES string of the molecule is COc1ccc(-c2[nH]ncc2CN2CCCC(c3nc4ccccc4o3)C2)c(OC)c1. The number of nitrogens with zero attached hydrogens (tertiary/aromatic N) is 3. The van der Waals surface area contributed by atoms with Gasteiger partial charge in [-0.2, -0.15) is 5.10 Å². The average Bonchev–Trinajstić information content (AvgIpc) is 3.45. The number of ether oxygens (including phenoxy) is 2. The van der Waals surface area contributed by atoms with Crippen molar-refractivity contribution in [3.63, 3.8) is 0 Å². The Morgan fingerprint density at radius 1 is 1.16 bits per heavy atom. The third-order valence-electron chi connectivity index (χ3n) is 5.96. The van der Waals surface area contributed by atoms with Gasteiger partial charge in [-0.05, 0) is 43.7 Å². The first-order valence-corrected chi connectivity index (χ1v) is 10.6. The fraction of sp³-hybridized carbons (Fsp3) is 0.333. The van der Waals surface area contributed by atoms with E-state index in [-0.39, 0.29) is 0 Å². The molecule has 1 aliphatic heterocycles. The van der Waals surface area contributed by atoms with Crippen molar-refractivity contribution in [2.75, 3.05) is 27.3 Å². The van der Waals surface area contributed by atoms with Crippen molar-refractivity contribution < 1.29 is 13.9 Å². The zero-order valence-electron chi connectivity index (χ0n) is 17.8. The Labute approximate surface area is 181 Å². The molecule has 5 rings (SSSR count). The second kappa shape index (κ2) is 8.43. The number of hydrogen-bond donors (Lipinski definition) is 1. The molecule has 0 amide bonds. The summed E-state index contributed by atoms with van der Waals surface area (Å²) in [5, 5.41) is 7.47. The molecule has 1 unspecified atom stereocenters. The molecular weight excluding hydrogens is 392 g/mol. The van der Waals surface area contributed by atoms with Gasteiger partial charge in [0.05, 0.1) is 26.1 Å². The van der Waals surface area contributed by atoms with Gasteiger partial charge in [0.1, 0.15) is 17.0 Å². The third kappa shape index (κ3) is 3.88. The fourth-order valence-corrected chi connectivity index (χ4v) is 4.38. The lowest BCUT2D eigenvalue weighted by molar-refractivity contribution is 0.187. The van der Waals surface area contributed by atoms with Crippen molar-refractivity contribution in [1.29, 1.82) is 0 Å². The Morgan fingerprint density at radius 2 is 2.06 bits per heavy atom.